The minimum absolute atomic E-state index is 0.0564. The molecule has 4 aliphatic carbocycles. The van der Waals surface area contributed by atoms with E-state index in [0.29, 0.717) is 42.1 Å². The standard InChI is InChI=1S/C27H44O3/c1-17(2)6-5-7-18(16-28)21-10-11-22-20-9-8-19-14-24(29)25(30)15-27(19,4)23(20)12-13-26(21,22)3/h6,8,18,20-25,28-30H,5,7,9-16H2,1-4H3/t18-,20-,21+,22-,23-,24-,25-,26+,27-/m0/s1. The Morgan fingerprint density at radius 1 is 1.13 bits per heavy atom. The van der Waals surface area contributed by atoms with Gasteiger partial charge in [0.15, 0.2) is 0 Å². The second kappa shape index (κ2) is 8.37. The molecule has 4 rings (SSSR count). The normalized spacial score (nSPS) is 46.3. The summed E-state index contributed by atoms with van der Waals surface area (Å²) in [4.78, 5) is 0. The maximum absolute atomic E-state index is 10.5. The van der Waals surface area contributed by atoms with Crippen LogP contribution in [0, 0.1) is 40.4 Å². The lowest BCUT2D eigenvalue weighted by Crippen LogP contribution is -2.53. The molecular formula is C27H44O3. The fourth-order valence-corrected chi connectivity index (χ4v) is 8.51. The van der Waals surface area contributed by atoms with E-state index in [1.165, 1.54) is 36.8 Å². The zero-order valence-corrected chi connectivity index (χ0v) is 19.6. The summed E-state index contributed by atoms with van der Waals surface area (Å²) in [7, 11) is 0. The molecule has 3 heteroatoms. The SMILES string of the molecule is CC(C)=CCC[C@@H](CO)[C@H]1CC[C@H]2[C@@H]3CC=C4C[C@H](O)[C@@H](O)C[C@]4(C)[C@H]3CC[C@]12C. The van der Waals surface area contributed by atoms with Crippen LogP contribution in [0.4, 0.5) is 0 Å². The topological polar surface area (TPSA) is 60.7 Å². The molecule has 3 fully saturated rings. The van der Waals surface area contributed by atoms with E-state index in [1.807, 2.05) is 0 Å². The summed E-state index contributed by atoms with van der Waals surface area (Å²) in [6.07, 6.45) is 13.4. The fourth-order valence-electron chi connectivity index (χ4n) is 8.51. The third kappa shape index (κ3) is 3.63. The Balaban J connectivity index is 1.54. The first-order valence-corrected chi connectivity index (χ1v) is 12.5. The Hall–Kier alpha value is -0.640. The largest absolute Gasteiger partial charge is 0.396 e. The Kier molecular flexibility index (Phi) is 6.29. The van der Waals surface area contributed by atoms with Crippen molar-refractivity contribution in [2.75, 3.05) is 6.61 Å². The Bertz CT molecular complexity index is 692. The van der Waals surface area contributed by atoms with Gasteiger partial charge in [0.05, 0.1) is 12.2 Å². The van der Waals surface area contributed by atoms with Gasteiger partial charge in [0.25, 0.3) is 0 Å². The summed E-state index contributed by atoms with van der Waals surface area (Å²) in [5, 5.41) is 31.0. The highest BCUT2D eigenvalue weighted by atomic mass is 16.3. The highest BCUT2D eigenvalue weighted by molar-refractivity contribution is 5.26. The summed E-state index contributed by atoms with van der Waals surface area (Å²) in [6, 6.07) is 0. The van der Waals surface area contributed by atoms with Crippen molar-refractivity contribution in [2.45, 2.75) is 97.7 Å². The van der Waals surface area contributed by atoms with Crippen LogP contribution in [-0.4, -0.2) is 34.1 Å². The van der Waals surface area contributed by atoms with Crippen molar-refractivity contribution in [3.63, 3.8) is 0 Å². The van der Waals surface area contributed by atoms with E-state index >= 15 is 0 Å². The second-order valence-electron chi connectivity index (χ2n) is 11.8. The number of hydrogen-bond donors (Lipinski definition) is 3. The molecule has 0 aromatic carbocycles. The third-order valence-corrected chi connectivity index (χ3v) is 10.1. The van der Waals surface area contributed by atoms with E-state index in [-0.39, 0.29) is 5.41 Å². The molecule has 9 atom stereocenters. The number of allylic oxidation sites excluding steroid dienone is 3. The average Bonchev–Trinajstić information content (AvgIpc) is 3.03. The van der Waals surface area contributed by atoms with Gasteiger partial charge in [-0.25, -0.2) is 0 Å². The number of hydrogen-bond acceptors (Lipinski definition) is 3. The first-order chi connectivity index (χ1) is 14.2. The summed E-state index contributed by atoms with van der Waals surface area (Å²) in [6.45, 7) is 9.55. The van der Waals surface area contributed by atoms with Crippen LogP contribution in [0.3, 0.4) is 0 Å². The minimum atomic E-state index is -0.586. The summed E-state index contributed by atoms with van der Waals surface area (Å²) >= 11 is 0. The first-order valence-electron chi connectivity index (χ1n) is 12.5. The number of aliphatic hydroxyl groups is 3. The molecule has 0 amide bonds. The quantitative estimate of drug-likeness (QED) is 0.536. The van der Waals surface area contributed by atoms with Crippen molar-refractivity contribution in [3.05, 3.63) is 23.3 Å². The second-order valence-corrected chi connectivity index (χ2v) is 11.8. The monoisotopic (exact) mass is 416 g/mol. The molecule has 0 spiro atoms. The van der Waals surface area contributed by atoms with Gasteiger partial charge in [0, 0.05) is 6.61 Å². The van der Waals surface area contributed by atoms with Gasteiger partial charge < -0.3 is 15.3 Å². The summed E-state index contributed by atoms with van der Waals surface area (Å²) in [5.74, 6) is 3.12. The van der Waals surface area contributed by atoms with Gasteiger partial charge in [-0.2, -0.15) is 0 Å². The zero-order chi connectivity index (χ0) is 21.7. The lowest BCUT2D eigenvalue weighted by Gasteiger charge is -2.59. The van der Waals surface area contributed by atoms with Crippen molar-refractivity contribution < 1.29 is 15.3 Å². The maximum Gasteiger partial charge on any atom is 0.0836 e. The number of fused-ring (bicyclic) bond motifs is 5. The molecule has 0 aromatic heterocycles. The lowest BCUT2D eigenvalue weighted by atomic mass is 9.46. The predicted octanol–water partition coefficient (Wildman–Crippen LogP) is 5.25. The van der Waals surface area contributed by atoms with Crippen molar-refractivity contribution >= 4 is 0 Å². The molecule has 0 unspecified atom stereocenters. The van der Waals surface area contributed by atoms with E-state index in [4.69, 9.17) is 0 Å². The Morgan fingerprint density at radius 2 is 1.90 bits per heavy atom. The number of rotatable bonds is 5. The van der Waals surface area contributed by atoms with Crippen LogP contribution in [0.25, 0.3) is 0 Å². The molecule has 3 N–H and O–H groups in total. The molecule has 30 heavy (non-hydrogen) atoms. The van der Waals surface area contributed by atoms with Crippen LogP contribution in [0.15, 0.2) is 23.3 Å². The van der Waals surface area contributed by atoms with Gasteiger partial charge in [-0.15, -0.1) is 0 Å². The van der Waals surface area contributed by atoms with E-state index in [0.717, 1.165) is 31.6 Å². The van der Waals surface area contributed by atoms with Crippen molar-refractivity contribution in [2.24, 2.45) is 40.4 Å². The Labute approximate surface area is 183 Å². The molecule has 3 nitrogen and oxygen atoms in total. The number of aliphatic hydroxyl groups excluding tert-OH is 3. The molecule has 170 valence electrons. The lowest BCUT2D eigenvalue weighted by molar-refractivity contribution is -0.0909. The minimum Gasteiger partial charge on any atom is -0.396 e. The predicted molar refractivity (Wildman–Crippen MR) is 122 cm³/mol. The van der Waals surface area contributed by atoms with Crippen LogP contribution in [0.5, 0.6) is 0 Å². The van der Waals surface area contributed by atoms with Crippen molar-refractivity contribution in [1.29, 1.82) is 0 Å². The van der Waals surface area contributed by atoms with Crippen LogP contribution in [-0.2, 0) is 0 Å². The van der Waals surface area contributed by atoms with Crippen LogP contribution in [0.2, 0.25) is 0 Å². The van der Waals surface area contributed by atoms with E-state index in [9.17, 15) is 15.3 Å². The summed E-state index contributed by atoms with van der Waals surface area (Å²) < 4.78 is 0. The van der Waals surface area contributed by atoms with Crippen LogP contribution >= 0.6 is 0 Å². The van der Waals surface area contributed by atoms with E-state index in [2.05, 4.69) is 39.8 Å². The molecule has 4 aliphatic rings. The molecule has 0 aromatic rings. The molecule has 3 saturated carbocycles. The average molecular weight is 417 g/mol. The van der Waals surface area contributed by atoms with Crippen LogP contribution in [0.1, 0.15) is 85.5 Å². The molecule has 0 saturated heterocycles. The molecule has 0 heterocycles. The van der Waals surface area contributed by atoms with E-state index < -0.39 is 12.2 Å². The highest BCUT2D eigenvalue weighted by Crippen LogP contribution is 2.67. The van der Waals surface area contributed by atoms with Gasteiger partial charge in [-0.1, -0.05) is 37.1 Å². The molecule has 0 aliphatic heterocycles. The highest BCUT2D eigenvalue weighted by Gasteiger charge is 2.60. The van der Waals surface area contributed by atoms with Gasteiger partial charge >= 0.3 is 0 Å². The van der Waals surface area contributed by atoms with E-state index in [1.54, 1.807) is 0 Å². The summed E-state index contributed by atoms with van der Waals surface area (Å²) in [5.41, 5.74) is 3.18. The third-order valence-electron chi connectivity index (χ3n) is 10.1. The smallest absolute Gasteiger partial charge is 0.0836 e. The van der Waals surface area contributed by atoms with Gasteiger partial charge in [-0.3, -0.25) is 0 Å². The Morgan fingerprint density at radius 3 is 2.60 bits per heavy atom. The van der Waals surface area contributed by atoms with Gasteiger partial charge in [0.1, 0.15) is 0 Å². The zero-order valence-electron chi connectivity index (χ0n) is 19.6. The van der Waals surface area contributed by atoms with Crippen molar-refractivity contribution in [3.8, 4) is 0 Å². The maximum atomic E-state index is 10.5. The first kappa shape index (κ1) is 22.6. The van der Waals surface area contributed by atoms with Gasteiger partial charge in [-0.05, 0) is 112 Å². The fraction of sp³-hybridized carbons (Fsp3) is 0.852. The molecule has 0 bridgehead atoms. The van der Waals surface area contributed by atoms with Crippen LogP contribution < -0.4 is 0 Å². The molecular weight excluding hydrogens is 372 g/mol. The molecule has 0 radical (unpaired) electrons. The van der Waals surface area contributed by atoms with Crippen molar-refractivity contribution in [1.82, 2.24) is 0 Å². The van der Waals surface area contributed by atoms with Gasteiger partial charge in [0.2, 0.25) is 0 Å².